The number of rotatable bonds is 8. The molecule has 0 rings (SSSR count). The van der Waals surface area contributed by atoms with Gasteiger partial charge in [0.15, 0.2) is 0 Å². The van der Waals surface area contributed by atoms with Crippen LogP contribution in [0.4, 0.5) is 0 Å². The van der Waals surface area contributed by atoms with Gasteiger partial charge in [-0.15, -0.1) is 0 Å². The second-order valence-electron chi connectivity index (χ2n) is 4.49. The van der Waals surface area contributed by atoms with Crippen molar-refractivity contribution in [1.82, 2.24) is 0 Å². The summed E-state index contributed by atoms with van der Waals surface area (Å²) in [5.74, 6) is 0.699. The lowest BCUT2D eigenvalue weighted by atomic mass is 9.88. The van der Waals surface area contributed by atoms with E-state index in [1.807, 2.05) is 0 Å². The van der Waals surface area contributed by atoms with Crippen molar-refractivity contribution in [3.63, 3.8) is 0 Å². The molecular formula is C12H26O2. The van der Waals surface area contributed by atoms with Crippen molar-refractivity contribution in [3.8, 4) is 0 Å². The monoisotopic (exact) mass is 202 g/mol. The third-order valence-corrected chi connectivity index (χ3v) is 2.80. The molecule has 86 valence electrons. The first-order valence-electron chi connectivity index (χ1n) is 5.82. The predicted octanol–water partition coefficient (Wildman–Crippen LogP) is 2.99. The summed E-state index contributed by atoms with van der Waals surface area (Å²) in [6.07, 6.45) is 4.51. The summed E-state index contributed by atoms with van der Waals surface area (Å²) in [7, 11) is 0. The lowest BCUT2D eigenvalue weighted by molar-refractivity contribution is -0.0647. The van der Waals surface area contributed by atoms with E-state index >= 15 is 0 Å². The first-order valence-corrected chi connectivity index (χ1v) is 5.82. The Kier molecular flexibility index (Phi) is 7.20. The molecule has 0 aliphatic rings. The third-order valence-electron chi connectivity index (χ3n) is 2.80. The molecule has 0 amide bonds. The summed E-state index contributed by atoms with van der Waals surface area (Å²) < 4.78 is 5.74. The van der Waals surface area contributed by atoms with Gasteiger partial charge in [0.1, 0.15) is 0 Å². The summed E-state index contributed by atoms with van der Waals surface area (Å²) in [6.45, 7) is 9.40. The molecule has 14 heavy (non-hydrogen) atoms. The lowest BCUT2D eigenvalue weighted by Gasteiger charge is -2.32. The van der Waals surface area contributed by atoms with Crippen molar-refractivity contribution in [2.45, 2.75) is 59.0 Å². The molecular weight excluding hydrogens is 176 g/mol. The Morgan fingerprint density at radius 2 is 2.00 bits per heavy atom. The average Bonchev–Trinajstić information content (AvgIpc) is 2.15. The molecule has 0 heterocycles. The Labute approximate surface area is 88.7 Å². The van der Waals surface area contributed by atoms with Crippen LogP contribution in [0.5, 0.6) is 0 Å². The second-order valence-corrected chi connectivity index (χ2v) is 4.49. The van der Waals surface area contributed by atoms with Crippen molar-refractivity contribution in [1.29, 1.82) is 0 Å². The maximum atomic E-state index is 8.76. The van der Waals surface area contributed by atoms with Gasteiger partial charge in [-0.3, -0.25) is 0 Å². The van der Waals surface area contributed by atoms with Gasteiger partial charge in [-0.2, -0.15) is 0 Å². The minimum Gasteiger partial charge on any atom is -0.394 e. The van der Waals surface area contributed by atoms with Gasteiger partial charge in [-0.25, -0.2) is 0 Å². The molecule has 0 fully saturated rings. The Morgan fingerprint density at radius 3 is 2.43 bits per heavy atom. The van der Waals surface area contributed by atoms with Gasteiger partial charge in [0.05, 0.1) is 18.8 Å². The zero-order valence-electron chi connectivity index (χ0n) is 10.2. The van der Waals surface area contributed by atoms with Crippen LogP contribution in [0.2, 0.25) is 0 Å². The highest BCUT2D eigenvalue weighted by molar-refractivity contribution is 4.77. The van der Waals surface area contributed by atoms with Crippen molar-refractivity contribution in [2.24, 2.45) is 5.92 Å². The van der Waals surface area contributed by atoms with E-state index in [0.29, 0.717) is 12.5 Å². The van der Waals surface area contributed by atoms with Crippen molar-refractivity contribution in [3.05, 3.63) is 0 Å². The molecule has 0 aromatic carbocycles. The normalized spacial score (nSPS) is 17.8. The quantitative estimate of drug-likeness (QED) is 0.655. The average molecular weight is 202 g/mol. The van der Waals surface area contributed by atoms with Crippen molar-refractivity contribution in [2.75, 3.05) is 13.2 Å². The molecule has 2 nitrogen and oxygen atoms in total. The van der Waals surface area contributed by atoms with Crippen molar-refractivity contribution < 1.29 is 9.84 Å². The van der Waals surface area contributed by atoms with Crippen LogP contribution in [-0.2, 0) is 4.74 Å². The largest absolute Gasteiger partial charge is 0.394 e. The van der Waals surface area contributed by atoms with Crippen LogP contribution in [0.3, 0.4) is 0 Å². The molecule has 0 saturated heterocycles. The Bertz CT molecular complexity index is 136. The van der Waals surface area contributed by atoms with Crippen LogP contribution in [-0.4, -0.2) is 23.9 Å². The van der Waals surface area contributed by atoms with E-state index in [0.717, 1.165) is 19.3 Å². The highest BCUT2D eigenvalue weighted by Crippen LogP contribution is 2.27. The van der Waals surface area contributed by atoms with Gasteiger partial charge in [0, 0.05) is 0 Å². The summed E-state index contributed by atoms with van der Waals surface area (Å²) in [4.78, 5) is 0. The number of aliphatic hydroxyl groups excluding tert-OH is 1. The van der Waals surface area contributed by atoms with E-state index < -0.39 is 0 Å². The summed E-state index contributed by atoms with van der Waals surface area (Å²) in [5.41, 5.74) is -0.0348. The molecule has 1 N–H and O–H groups in total. The van der Waals surface area contributed by atoms with Crippen LogP contribution in [0, 0.1) is 5.92 Å². The van der Waals surface area contributed by atoms with Crippen LogP contribution in [0.25, 0.3) is 0 Å². The number of ether oxygens (including phenoxy) is 1. The molecule has 0 radical (unpaired) electrons. The molecule has 0 spiro atoms. The Hall–Kier alpha value is -0.0800. The minimum absolute atomic E-state index is 0.0348. The van der Waals surface area contributed by atoms with Crippen LogP contribution < -0.4 is 0 Å². The number of aliphatic hydroxyl groups is 1. The van der Waals surface area contributed by atoms with E-state index in [-0.39, 0.29) is 12.2 Å². The van der Waals surface area contributed by atoms with Gasteiger partial charge in [0.2, 0.25) is 0 Å². The first kappa shape index (κ1) is 13.9. The SMILES string of the molecule is CCCC(C)(CC(C)CC)OCCO. The third kappa shape index (κ3) is 5.61. The van der Waals surface area contributed by atoms with Crippen LogP contribution in [0.15, 0.2) is 0 Å². The van der Waals surface area contributed by atoms with E-state index in [9.17, 15) is 0 Å². The van der Waals surface area contributed by atoms with Crippen molar-refractivity contribution >= 4 is 0 Å². The topological polar surface area (TPSA) is 29.5 Å². The van der Waals surface area contributed by atoms with E-state index in [4.69, 9.17) is 9.84 Å². The number of hydrogen-bond acceptors (Lipinski definition) is 2. The zero-order chi connectivity index (χ0) is 11.0. The fourth-order valence-electron chi connectivity index (χ4n) is 1.94. The number of hydrogen-bond donors (Lipinski definition) is 1. The standard InChI is InChI=1S/C12H26O2/c1-5-7-12(4,14-9-8-13)10-11(3)6-2/h11,13H,5-10H2,1-4H3. The molecule has 0 aliphatic carbocycles. The molecule has 0 bridgehead atoms. The molecule has 0 aliphatic heterocycles. The van der Waals surface area contributed by atoms with E-state index in [1.54, 1.807) is 0 Å². The van der Waals surface area contributed by atoms with Gasteiger partial charge in [0.25, 0.3) is 0 Å². The molecule has 0 aromatic rings. The van der Waals surface area contributed by atoms with Crippen LogP contribution >= 0.6 is 0 Å². The maximum absolute atomic E-state index is 8.76. The van der Waals surface area contributed by atoms with Gasteiger partial charge in [-0.05, 0) is 25.7 Å². The molecule has 2 unspecified atom stereocenters. The summed E-state index contributed by atoms with van der Waals surface area (Å²) in [5, 5.41) is 8.76. The van der Waals surface area contributed by atoms with Gasteiger partial charge < -0.3 is 9.84 Å². The summed E-state index contributed by atoms with van der Waals surface area (Å²) in [6, 6.07) is 0. The minimum atomic E-state index is -0.0348. The predicted molar refractivity (Wildman–Crippen MR) is 60.4 cm³/mol. The molecule has 2 atom stereocenters. The molecule has 0 aromatic heterocycles. The lowest BCUT2D eigenvalue weighted by Crippen LogP contribution is -2.32. The van der Waals surface area contributed by atoms with E-state index in [2.05, 4.69) is 27.7 Å². The Balaban J connectivity index is 4.07. The second kappa shape index (κ2) is 7.24. The molecule has 2 heteroatoms. The zero-order valence-corrected chi connectivity index (χ0v) is 10.2. The smallest absolute Gasteiger partial charge is 0.0705 e. The Morgan fingerprint density at radius 1 is 1.36 bits per heavy atom. The van der Waals surface area contributed by atoms with E-state index in [1.165, 1.54) is 6.42 Å². The highest BCUT2D eigenvalue weighted by Gasteiger charge is 2.25. The van der Waals surface area contributed by atoms with Gasteiger partial charge in [-0.1, -0.05) is 33.6 Å². The summed E-state index contributed by atoms with van der Waals surface area (Å²) >= 11 is 0. The van der Waals surface area contributed by atoms with Gasteiger partial charge >= 0.3 is 0 Å². The fraction of sp³-hybridized carbons (Fsp3) is 1.00. The highest BCUT2D eigenvalue weighted by atomic mass is 16.5. The fourth-order valence-corrected chi connectivity index (χ4v) is 1.94. The molecule has 0 saturated carbocycles. The van der Waals surface area contributed by atoms with Crippen LogP contribution in [0.1, 0.15) is 53.4 Å². The first-order chi connectivity index (χ1) is 6.58. The maximum Gasteiger partial charge on any atom is 0.0705 e.